The maximum atomic E-state index is 11.8. The van der Waals surface area contributed by atoms with Crippen LogP contribution in [0.2, 0.25) is 0 Å². The van der Waals surface area contributed by atoms with Crippen LogP contribution >= 0.6 is 0 Å². The first-order valence-corrected chi connectivity index (χ1v) is 6.07. The molecule has 1 heterocycles. The summed E-state index contributed by atoms with van der Waals surface area (Å²) in [6.07, 6.45) is 3.54. The Balaban J connectivity index is 2.32. The summed E-state index contributed by atoms with van der Waals surface area (Å²) < 4.78 is 5.48. The van der Waals surface area contributed by atoms with Crippen LogP contribution in [0.3, 0.4) is 0 Å². The van der Waals surface area contributed by atoms with Gasteiger partial charge in [0.2, 0.25) is 0 Å². The van der Waals surface area contributed by atoms with Crippen molar-refractivity contribution in [3.63, 3.8) is 0 Å². The van der Waals surface area contributed by atoms with Crippen molar-refractivity contribution in [1.82, 2.24) is 5.32 Å². The molecule has 0 bridgehead atoms. The predicted molar refractivity (Wildman–Crippen MR) is 75.1 cm³/mol. The second-order valence-corrected chi connectivity index (χ2v) is 4.15. The average Bonchev–Trinajstić information content (AvgIpc) is 2.59. The third-order valence-electron chi connectivity index (χ3n) is 2.64. The number of hydrogen-bond acceptors (Lipinski definition) is 2. The van der Waals surface area contributed by atoms with Gasteiger partial charge in [-0.2, -0.15) is 0 Å². The van der Waals surface area contributed by atoms with E-state index >= 15 is 0 Å². The molecule has 1 aliphatic rings. The highest BCUT2D eigenvalue weighted by molar-refractivity contribution is 5.97. The van der Waals surface area contributed by atoms with Gasteiger partial charge >= 0.3 is 0 Å². The molecule has 0 unspecified atom stereocenters. The topological polar surface area (TPSA) is 38.3 Å². The number of benzene rings is 1. The minimum absolute atomic E-state index is 0.116. The molecule has 0 saturated carbocycles. The Morgan fingerprint density at radius 1 is 1.53 bits per heavy atom. The van der Waals surface area contributed by atoms with E-state index in [4.69, 9.17) is 4.74 Å². The largest absolute Gasteiger partial charge is 0.491 e. The number of nitrogens with one attached hydrogen (secondary N) is 1. The van der Waals surface area contributed by atoms with Crippen LogP contribution in [0.5, 0.6) is 5.75 Å². The van der Waals surface area contributed by atoms with Gasteiger partial charge in [0, 0.05) is 5.56 Å². The van der Waals surface area contributed by atoms with Crippen LogP contribution in [0, 0.1) is 11.8 Å². The lowest BCUT2D eigenvalue weighted by Crippen LogP contribution is -2.24. The Bertz CT molecular complexity index is 603. The van der Waals surface area contributed by atoms with Crippen LogP contribution < -0.4 is 10.1 Å². The van der Waals surface area contributed by atoms with Gasteiger partial charge in [0.1, 0.15) is 12.4 Å². The fraction of sp³-hybridized carbons (Fsp3) is 0.188. The highest BCUT2D eigenvalue weighted by Gasteiger charge is 2.15. The van der Waals surface area contributed by atoms with E-state index in [0.29, 0.717) is 24.5 Å². The fourth-order valence-electron chi connectivity index (χ4n) is 1.72. The molecule has 0 atom stereocenters. The van der Waals surface area contributed by atoms with Gasteiger partial charge in [0.25, 0.3) is 5.91 Å². The number of hydrogen-bond donors (Lipinski definition) is 1. The molecule has 1 aromatic rings. The van der Waals surface area contributed by atoms with E-state index < -0.39 is 0 Å². The van der Waals surface area contributed by atoms with Crippen LogP contribution in [0.1, 0.15) is 22.8 Å². The molecule has 0 radical (unpaired) electrons. The van der Waals surface area contributed by atoms with E-state index in [1.165, 1.54) is 0 Å². The van der Waals surface area contributed by atoms with Gasteiger partial charge in [-0.15, -0.1) is 0 Å². The minimum Gasteiger partial charge on any atom is -0.491 e. The summed E-state index contributed by atoms with van der Waals surface area (Å²) in [5, 5.41) is 2.78. The summed E-state index contributed by atoms with van der Waals surface area (Å²) in [5.74, 6) is 6.52. The van der Waals surface area contributed by atoms with Crippen molar-refractivity contribution < 1.29 is 9.53 Å². The zero-order valence-corrected chi connectivity index (χ0v) is 10.8. The number of carbonyl (C=O) groups is 1. The zero-order chi connectivity index (χ0) is 13.7. The van der Waals surface area contributed by atoms with Crippen molar-refractivity contribution in [2.24, 2.45) is 0 Å². The fourth-order valence-corrected chi connectivity index (χ4v) is 1.72. The maximum absolute atomic E-state index is 11.8. The molecule has 3 heteroatoms. The standard InChI is InChI=1S/C16H15NO2/c1-3-4-12(2)5-6-13-7-8-15-14(11-13)16(18)17-9-10-19-15/h3-4,7-8,11H,1,9-10H2,2H3,(H,17,18)/b12-4+. The van der Waals surface area contributed by atoms with Crippen molar-refractivity contribution in [1.29, 1.82) is 0 Å². The van der Waals surface area contributed by atoms with Crippen molar-refractivity contribution in [2.45, 2.75) is 6.92 Å². The molecule has 0 aromatic heterocycles. The van der Waals surface area contributed by atoms with Crippen molar-refractivity contribution in [3.05, 3.63) is 53.6 Å². The van der Waals surface area contributed by atoms with E-state index in [2.05, 4.69) is 23.7 Å². The molecule has 96 valence electrons. The quantitative estimate of drug-likeness (QED) is 0.616. The highest BCUT2D eigenvalue weighted by Crippen LogP contribution is 2.21. The molecule has 0 saturated heterocycles. The molecule has 0 fully saturated rings. The van der Waals surface area contributed by atoms with Crippen molar-refractivity contribution >= 4 is 5.91 Å². The minimum atomic E-state index is -0.116. The first kappa shape index (κ1) is 13.0. The summed E-state index contributed by atoms with van der Waals surface area (Å²) >= 11 is 0. The van der Waals surface area contributed by atoms with E-state index in [1.54, 1.807) is 18.2 Å². The summed E-state index contributed by atoms with van der Waals surface area (Å²) in [6, 6.07) is 5.40. The first-order valence-electron chi connectivity index (χ1n) is 6.07. The molecular weight excluding hydrogens is 238 g/mol. The molecule has 3 nitrogen and oxygen atoms in total. The number of ether oxygens (including phenoxy) is 1. The predicted octanol–water partition coefficient (Wildman–Crippen LogP) is 2.29. The molecule has 1 aromatic carbocycles. The lowest BCUT2D eigenvalue weighted by molar-refractivity contribution is 0.0957. The SMILES string of the molecule is C=C/C=C(\C)C#Cc1ccc2c(c1)C(=O)NCCO2. The second kappa shape index (κ2) is 5.92. The molecule has 1 amide bonds. The van der Waals surface area contributed by atoms with E-state index in [9.17, 15) is 4.79 Å². The van der Waals surface area contributed by atoms with Gasteiger partial charge in [-0.3, -0.25) is 4.79 Å². The number of amides is 1. The Labute approximate surface area is 113 Å². The van der Waals surface area contributed by atoms with Crippen molar-refractivity contribution in [3.8, 4) is 17.6 Å². The third kappa shape index (κ3) is 3.26. The van der Waals surface area contributed by atoms with E-state index in [0.717, 1.165) is 11.1 Å². The van der Waals surface area contributed by atoms with Crippen LogP contribution in [-0.2, 0) is 0 Å². The summed E-state index contributed by atoms with van der Waals surface area (Å²) in [4.78, 5) is 11.8. The van der Waals surface area contributed by atoms with Crippen LogP contribution in [0.25, 0.3) is 0 Å². The Kier molecular flexibility index (Phi) is 4.04. The summed E-state index contributed by atoms with van der Waals surface area (Å²) in [5.41, 5.74) is 2.25. The molecule has 1 N–H and O–H groups in total. The maximum Gasteiger partial charge on any atom is 0.255 e. The number of fused-ring (bicyclic) bond motifs is 1. The molecule has 0 spiro atoms. The molecule has 19 heavy (non-hydrogen) atoms. The number of rotatable bonds is 1. The summed E-state index contributed by atoms with van der Waals surface area (Å²) in [7, 11) is 0. The molecule has 0 aliphatic carbocycles. The first-order chi connectivity index (χ1) is 9.20. The zero-order valence-electron chi connectivity index (χ0n) is 10.8. The summed E-state index contributed by atoms with van der Waals surface area (Å²) in [6.45, 7) is 6.55. The monoisotopic (exact) mass is 253 g/mol. The van der Waals surface area contributed by atoms with Crippen LogP contribution in [0.15, 0.2) is 42.5 Å². The van der Waals surface area contributed by atoms with Crippen LogP contribution in [-0.4, -0.2) is 19.1 Å². The highest BCUT2D eigenvalue weighted by atomic mass is 16.5. The van der Waals surface area contributed by atoms with Gasteiger partial charge < -0.3 is 10.1 Å². The Morgan fingerprint density at radius 2 is 2.37 bits per heavy atom. The Hall–Kier alpha value is -2.47. The second-order valence-electron chi connectivity index (χ2n) is 4.15. The van der Waals surface area contributed by atoms with Gasteiger partial charge in [-0.05, 0) is 30.7 Å². The van der Waals surface area contributed by atoms with E-state index in [-0.39, 0.29) is 5.91 Å². The lowest BCUT2D eigenvalue weighted by Gasteiger charge is -2.04. The van der Waals surface area contributed by atoms with Gasteiger partial charge in [0.15, 0.2) is 0 Å². The molecule has 1 aliphatic heterocycles. The van der Waals surface area contributed by atoms with E-state index in [1.807, 2.05) is 19.1 Å². The van der Waals surface area contributed by atoms with Gasteiger partial charge in [0.05, 0.1) is 12.1 Å². The third-order valence-corrected chi connectivity index (χ3v) is 2.64. The molecule has 2 rings (SSSR count). The smallest absolute Gasteiger partial charge is 0.255 e. The number of carbonyl (C=O) groups excluding carboxylic acids is 1. The van der Waals surface area contributed by atoms with Crippen molar-refractivity contribution in [2.75, 3.05) is 13.2 Å². The van der Waals surface area contributed by atoms with Crippen LogP contribution in [0.4, 0.5) is 0 Å². The van der Waals surface area contributed by atoms with Gasteiger partial charge in [-0.1, -0.05) is 30.6 Å². The molecular formula is C16H15NO2. The number of allylic oxidation sites excluding steroid dienone is 3. The normalized spacial score (nSPS) is 14.2. The average molecular weight is 253 g/mol. The van der Waals surface area contributed by atoms with Gasteiger partial charge in [-0.25, -0.2) is 0 Å². The lowest BCUT2D eigenvalue weighted by atomic mass is 10.1. The Morgan fingerprint density at radius 3 is 3.16 bits per heavy atom.